The van der Waals surface area contributed by atoms with E-state index in [9.17, 15) is 4.79 Å². The average molecular weight is 191 g/mol. The Kier molecular flexibility index (Phi) is 2.22. The average Bonchev–Trinajstić information content (AvgIpc) is 2.18. The summed E-state index contributed by atoms with van der Waals surface area (Å²) in [5.74, 6) is 0.422. The largest absolute Gasteiger partial charge is 0.407 e. The quantitative estimate of drug-likeness (QED) is 0.706. The van der Waals surface area contributed by atoms with Crippen molar-refractivity contribution in [3.8, 4) is 0 Å². The SMILES string of the molecule is CCCc1nc2nccnc2c(=O)o1. The molecule has 0 aliphatic carbocycles. The van der Waals surface area contributed by atoms with Crippen molar-refractivity contribution in [1.82, 2.24) is 15.0 Å². The minimum Gasteiger partial charge on any atom is -0.407 e. The fourth-order valence-corrected chi connectivity index (χ4v) is 1.17. The van der Waals surface area contributed by atoms with Crippen LogP contribution in [0.5, 0.6) is 0 Å². The molecule has 0 bridgehead atoms. The fraction of sp³-hybridized carbons (Fsp3) is 0.333. The first-order chi connectivity index (χ1) is 6.81. The molecule has 2 heterocycles. The summed E-state index contributed by atoms with van der Waals surface area (Å²) in [6.07, 6.45) is 4.47. The van der Waals surface area contributed by atoms with Crippen molar-refractivity contribution >= 4 is 11.2 Å². The third-order valence-electron chi connectivity index (χ3n) is 1.78. The van der Waals surface area contributed by atoms with Crippen LogP contribution in [0.25, 0.3) is 11.2 Å². The Morgan fingerprint density at radius 2 is 2.14 bits per heavy atom. The highest BCUT2D eigenvalue weighted by atomic mass is 16.4. The van der Waals surface area contributed by atoms with E-state index in [-0.39, 0.29) is 5.52 Å². The Hall–Kier alpha value is -1.78. The molecule has 72 valence electrons. The zero-order valence-corrected chi connectivity index (χ0v) is 7.73. The second kappa shape index (κ2) is 3.53. The molecule has 0 atom stereocenters. The van der Waals surface area contributed by atoms with Crippen molar-refractivity contribution in [3.05, 3.63) is 28.7 Å². The smallest absolute Gasteiger partial charge is 0.367 e. The first-order valence-electron chi connectivity index (χ1n) is 4.42. The van der Waals surface area contributed by atoms with Gasteiger partial charge in [-0.1, -0.05) is 6.92 Å². The zero-order valence-electron chi connectivity index (χ0n) is 7.73. The van der Waals surface area contributed by atoms with Gasteiger partial charge in [0.05, 0.1) is 0 Å². The lowest BCUT2D eigenvalue weighted by Crippen LogP contribution is -2.07. The summed E-state index contributed by atoms with van der Waals surface area (Å²) in [7, 11) is 0. The van der Waals surface area contributed by atoms with Crippen molar-refractivity contribution in [2.45, 2.75) is 19.8 Å². The van der Waals surface area contributed by atoms with E-state index in [1.807, 2.05) is 6.92 Å². The molecule has 5 nitrogen and oxygen atoms in total. The summed E-state index contributed by atoms with van der Waals surface area (Å²) in [4.78, 5) is 23.3. The van der Waals surface area contributed by atoms with Gasteiger partial charge < -0.3 is 4.42 Å². The molecule has 0 spiro atoms. The molecule has 2 aromatic rings. The van der Waals surface area contributed by atoms with Gasteiger partial charge in [-0.15, -0.1) is 0 Å². The Labute approximate surface area is 79.8 Å². The molecule has 0 amide bonds. The third kappa shape index (κ3) is 1.48. The molecule has 14 heavy (non-hydrogen) atoms. The highest BCUT2D eigenvalue weighted by molar-refractivity contribution is 5.66. The summed E-state index contributed by atoms with van der Waals surface area (Å²) in [6.45, 7) is 1.99. The van der Waals surface area contributed by atoms with Crippen LogP contribution in [0.2, 0.25) is 0 Å². The van der Waals surface area contributed by atoms with Crippen molar-refractivity contribution in [2.24, 2.45) is 0 Å². The van der Waals surface area contributed by atoms with Gasteiger partial charge in [0.15, 0.2) is 11.2 Å². The molecule has 0 aromatic carbocycles. The van der Waals surface area contributed by atoms with Gasteiger partial charge in [-0.3, -0.25) is 0 Å². The summed E-state index contributed by atoms with van der Waals surface area (Å²) in [5, 5.41) is 0. The van der Waals surface area contributed by atoms with Crippen molar-refractivity contribution in [2.75, 3.05) is 0 Å². The molecular weight excluding hydrogens is 182 g/mol. The number of aromatic nitrogens is 3. The number of hydrogen-bond acceptors (Lipinski definition) is 5. The van der Waals surface area contributed by atoms with Gasteiger partial charge in [-0.05, 0) is 6.42 Å². The van der Waals surface area contributed by atoms with Crippen LogP contribution in [0, 0.1) is 0 Å². The molecule has 0 N–H and O–H groups in total. The van der Waals surface area contributed by atoms with Gasteiger partial charge in [0.25, 0.3) is 0 Å². The number of aryl methyl sites for hydroxylation is 1. The summed E-state index contributed by atoms with van der Waals surface area (Å²) < 4.78 is 4.96. The molecule has 0 saturated carbocycles. The predicted octanol–water partition coefficient (Wildman–Crippen LogP) is 0.930. The van der Waals surface area contributed by atoms with Crippen LogP contribution in [0.4, 0.5) is 0 Å². The van der Waals surface area contributed by atoms with Crippen LogP contribution in [0.3, 0.4) is 0 Å². The predicted molar refractivity (Wildman–Crippen MR) is 49.9 cm³/mol. The third-order valence-corrected chi connectivity index (χ3v) is 1.78. The second-order valence-corrected chi connectivity index (χ2v) is 2.87. The summed E-state index contributed by atoms with van der Waals surface area (Å²) in [5.41, 5.74) is 0.0751. The van der Waals surface area contributed by atoms with Gasteiger partial charge >= 0.3 is 5.63 Å². The highest BCUT2D eigenvalue weighted by Crippen LogP contribution is 2.02. The molecule has 0 radical (unpaired) electrons. The molecule has 0 fully saturated rings. The van der Waals surface area contributed by atoms with Crippen molar-refractivity contribution < 1.29 is 4.42 Å². The van der Waals surface area contributed by atoms with E-state index in [0.29, 0.717) is 18.0 Å². The maximum Gasteiger partial charge on any atom is 0.367 e. The van der Waals surface area contributed by atoms with Crippen LogP contribution in [-0.2, 0) is 6.42 Å². The number of hydrogen-bond donors (Lipinski definition) is 0. The van der Waals surface area contributed by atoms with Gasteiger partial charge in [0.1, 0.15) is 0 Å². The molecule has 2 aromatic heterocycles. The van der Waals surface area contributed by atoms with Gasteiger partial charge in [0.2, 0.25) is 5.89 Å². The van der Waals surface area contributed by atoms with E-state index >= 15 is 0 Å². The second-order valence-electron chi connectivity index (χ2n) is 2.87. The van der Waals surface area contributed by atoms with Crippen molar-refractivity contribution in [1.29, 1.82) is 0 Å². The monoisotopic (exact) mass is 191 g/mol. The van der Waals surface area contributed by atoms with E-state index in [1.54, 1.807) is 0 Å². The summed E-state index contributed by atoms with van der Waals surface area (Å²) >= 11 is 0. The minimum atomic E-state index is -0.466. The molecule has 2 rings (SSSR count). The van der Waals surface area contributed by atoms with Gasteiger partial charge in [-0.2, -0.15) is 4.98 Å². The lowest BCUT2D eigenvalue weighted by atomic mass is 10.3. The molecule has 0 unspecified atom stereocenters. The van der Waals surface area contributed by atoms with E-state index in [1.165, 1.54) is 12.4 Å². The number of rotatable bonds is 2. The minimum absolute atomic E-state index is 0.187. The fourth-order valence-electron chi connectivity index (χ4n) is 1.17. The topological polar surface area (TPSA) is 68.9 Å². The molecular formula is C9H9N3O2. The molecule has 0 aliphatic rings. The normalized spacial score (nSPS) is 10.6. The first kappa shape index (κ1) is 8.80. The zero-order chi connectivity index (χ0) is 9.97. The lowest BCUT2D eigenvalue weighted by molar-refractivity contribution is 0.440. The maximum absolute atomic E-state index is 11.4. The van der Waals surface area contributed by atoms with Crippen LogP contribution >= 0.6 is 0 Å². The van der Waals surface area contributed by atoms with E-state index in [4.69, 9.17) is 4.42 Å². The van der Waals surface area contributed by atoms with E-state index < -0.39 is 5.63 Å². The van der Waals surface area contributed by atoms with Gasteiger partial charge in [0, 0.05) is 18.8 Å². The molecule has 0 saturated heterocycles. The lowest BCUT2D eigenvalue weighted by Gasteiger charge is -1.97. The van der Waals surface area contributed by atoms with E-state index in [0.717, 1.165) is 6.42 Å². The van der Waals surface area contributed by atoms with Crippen LogP contribution in [-0.4, -0.2) is 15.0 Å². The highest BCUT2D eigenvalue weighted by Gasteiger charge is 2.06. The Bertz CT molecular complexity index is 507. The van der Waals surface area contributed by atoms with Crippen molar-refractivity contribution in [3.63, 3.8) is 0 Å². The van der Waals surface area contributed by atoms with Crippen LogP contribution in [0.1, 0.15) is 19.2 Å². The van der Waals surface area contributed by atoms with E-state index in [2.05, 4.69) is 15.0 Å². The standard InChI is InChI=1S/C9H9N3O2/c1-2-3-6-12-8-7(9(13)14-6)10-4-5-11-8/h4-5H,2-3H2,1H3. The maximum atomic E-state index is 11.4. The Morgan fingerprint density at radius 1 is 1.36 bits per heavy atom. The Balaban J connectivity index is 2.66. The first-order valence-corrected chi connectivity index (χ1v) is 4.42. The molecule has 0 aliphatic heterocycles. The number of nitrogens with zero attached hydrogens (tertiary/aromatic N) is 3. The van der Waals surface area contributed by atoms with Crippen LogP contribution in [0.15, 0.2) is 21.6 Å². The molecule has 5 heteroatoms. The summed E-state index contributed by atoms with van der Waals surface area (Å²) in [6, 6.07) is 0. The Morgan fingerprint density at radius 3 is 2.93 bits per heavy atom. The van der Waals surface area contributed by atoms with Crippen LogP contribution < -0.4 is 5.63 Å². The van der Waals surface area contributed by atoms with Gasteiger partial charge in [-0.25, -0.2) is 14.8 Å². The number of fused-ring (bicyclic) bond motifs is 1.